The van der Waals surface area contributed by atoms with Crippen molar-refractivity contribution in [2.24, 2.45) is 0 Å². The van der Waals surface area contributed by atoms with Gasteiger partial charge in [0.05, 0.1) is 5.56 Å². The van der Waals surface area contributed by atoms with Gasteiger partial charge in [0, 0.05) is 5.39 Å². The van der Waals surface area contributed by atoms with Crippen LogP contribution in [0.15, 0.2) is 24.3 Å². The molecule has 0 heterocycles. The fourth-order valence-corrected chi connectivity index (χ4v) is 2.41. The molecule has 0 aliphatic heterocycles. The van der Waals surface area contributed by atoms with Crippen molar-refractivity contribution in [3.05, 3.63) is 41.2 Å². The maximum absolute atomic E-state index is 13.9. The van der Waals surface area contributed by atoms with Gasteiger partial charge in [-0.15, -0.1) is 6.42 Å². The van der Waals surface area contributed by atoms with Crippen LogP contribution < -0.4 is 4.74 Å². The first-order chi connectivity index (χ1) is 12.4. The molecule has 6 heteroatoms. The maximum Gasteiger partial charge on any atom is 0.330 e. The van der Waals surface area contributed by atoms with Crippen LogP contribution >= 0.6 is 8.60 Å². The molecule has 0 radical (unpaired) electrons. The van der Waals surface area contributed by atoms with Crippen molar-refractivity contribution in [3.8, 4) is 18.1 Å². The second-order valence-corrected chi connectivity index (χ2v) is 5.74. The molecule has 2 rings (SSSR count). The van der Waals surface area contributed by atoms with Gasteiger partial charge in [0.1, 0.15) is 11.6 Å². The van der Waals surface area contributed by atoms with E-state index < -0.39 is 14.4 Å². The summed E-state index contributed by atoms with van der Waals surface area (Å²) in [6, 6.07) is 6.42. The van der Waals surface area contributed by atoms with Crippen LogP contribution in [0.4, 0.5) is 4.39 Å². The van der Waals surface area contributed by atoms with E-state index in [2.05, 4.69) is 10.4 Å². The fourth-order valence-electron chi connectivity index (χ4n) is 2.27. The van der Waals surface area contributed by atoms with Crippen molar-refractivity contribution in [2.45, 2.75) is 47.5 Å². The van der Waals surface area contributed by atoms with Gasteiger partial charge in [-0.25, -0.2) is 4.39 Å². The molecule has 0 aliphatic rings. The number of benzene rings is 2. The van der Waals surface area contributed by atoms with E-state index in [9.17, 15) is 4.39 Å². The molecule has 0 amide bonds. The first kappa shape index (κ1) is 24.3. The topological polar surface area (TPSA) is 58.9 Å². The number of rotatable bonds is 5. The molecule has 0 unspecified atom stereocenters. The lowest BCUT2D eigenvalue weighted by atomic mass is 9.92. The second kappa shape index (κ2) is 12.6. The molecule has 2 N–H and O–H groups in total. The van der Waals surface area contributed by atoms with E-state index >= 15 is 0 Å². The summed E-state index contributed by atoms with van der Waals surface area (Å²) in [4.78, 5) is 17.4. The Bertz CT molecular complexity index is 724. The molecular weight excluding hydrogens is 354 g/mol. The van der Waals surface area contributed by atoms with Gasteiger partial charge in [0.2, 0.25) is 0 Å². The summed E-state index contributed by atoms with van der Waals surface area (Å²) in [5, 5.41) is 1.45. The van der Waals surface area contributed by atoms with Crippen LogP contribution in [0.5, 0.6) is 5.75 Å². The molecule has 144 valence electrons. The minimum absolute atomic E-state index is 0.105. The van der Waals surface area contributed by atoms with Crippen molar-refractivity contribution < 1.29 is 23.4 Å². The first-order valence-corrected chi connectivity index (χ1v) is 9.77. The predicted molar refractivity (Wildman–Crippen MR) is 107 cm³/mol. The summed E-state index contributed by atoms with van der Waals surface area (Å²) in [6.07, 6.45) is 5.44. The molecule has 26 heavy (non-hydrogen) atoms. The molecule has 0 atom stereocenters. The Hall–Kier alpha value is -1.70. The monoisotopic (exact) mass is 382 g/mol. The van der Waals surface area contributed by atoms with E-state index in [1.807, 2.05) is 41.5 Å². The van der Waals surface area contributed by atoms with E-state index in [0.29, 0.717) is 11.1 Å². The number of hydrogen-bond acceptors (Lipinski definition) is 4. The second-order valence-electron chi connectivity index (χ2n) is 4.98. The molecule has 0 fully saturated rings. The quantitative estimate of drug-likeness (QED) is 0.396. The summed E-state index contributed by atoms with van der Waals surface area (Å²) in [6.45, 7) is 11.7. The van der Waals surface area contributed by atoms with Crippen molar-refractivity contribution in [3.63, 3.8) is 0 Å². The van der Waals surface area contributed by atoms with Gasteiger partial charge in [0.15, 0.2) is 6.79 Å². The van der Waals surface area contributed by atoms with Gasteiger partial charge < -0.3 is 14.5 Å². The van der Waals surface area contributed by atoms with Gasteiger partial charge in [-0.1, -0.05) is 53.5 Å². The van der Waals surface area contributed by atoms with Crippen LogP contribution in [0.1, 0.15) is 58.6 Å². The van der Waals surface area contributed by atoms with Crippen molar-refractivity contribution >= 4 is 19.4 Å². The van der Waals surface area contributed by atoms with Crippen molar-refractivity contribution in [1.82, 2.24) is 0 Å². The summed E-state index contributed by atoms with van der Waals surface area (Å²) < 4.78 is 23.8. The number of ether oxygens (including phenoxy) is 1. The Balaban J connectivity index is 0.00000146. The van der Waals surface area contributed by atoms with Gasteiger partial charge >= 0.3 is 8.60 Å². The highest BCUT2D eigenvalue weighted by Crippen LogP contribution is 2.34. The highest BCUT2D eigenvalue weighted by atomic mass is 31.2. The number of terminal acetylenes is 1. The van der Waals surface area contributed by atoms with Crippen LogP contribution in [0, 0.1) is 18.2 Å². The summed E-state index contributed by atoms with van der Waals surface area (Å²) in [7, 11) is -2.46. The van der Waals surface area contributed by atoms with Gasteiger partial charge in [-0.2, -0.15) is 0 Å². The largest absolute Gasteiger partial charge is 0.467 e. The molecule has 0 bridgehead atoms. The zero-order valence-electron chi connectivity index (χ0n) is 16.2. The van der Waals surface area contributed by atoms with Gasteiger partial charge in [-0.3, -0.25) is 4.52 Å². The Labute approximate surface area is 157 Å². The van der Waals surface area contributed by atoms with Gasteiger partial charge in [0.25, 0.3) is 0 Å². The van der Waals surface area contributed by atoms with Crippen LogP contribution in [0.3, 0.4) is 0 Å². The van der Waals surface area contributed by atoms with Crippen molar-refractivity contribution in [2.75, 3.05) is 6.79 Å². The van der Waals surface area contributed by atoms with Crippen LogP contribution in [-0.4, -0.2) is 16.6 Å². The molecule has 0 aliphatic carbocycles. The number of halogens is 1. The minimum Gasteiger partial charge on any atom is -0.467 e. The average Bonchev–Trinajstić information content (AvgIpc) is 2.64. The highest BCUT2D eigenvalue weighted by Gasteiger charge is 2.14. The molecule has 0 aromatic heterocycles. The lowest BCUT2D eigenvalue weighted by molar-refractivity contribution is 0.105. The lowest BCUT2D eigenvalue weighted by Gasteiger charge is -2.15. The van der Waals surface area contributed by atoms with Crippen LogP contribution in [0.25, 0.3) is 10.8 Å². The summed E-state index contributed by atoms with van der Waals surface area (Å²) in [5.41, 5.74) is 1.09. The van der Waals surface area contributed by atoms with Crippen LogP contribution in [-0.2, 0) is 4.52 Å². The molecule has 2 aromatic carbocycles. The van der Waals surface area contributed by atoms with E-state index in [4.69, 9.17) is 20.9 Å². The summed E-state index contributed by atoms with van der Waals surface area (Å²) >= 11 is 0. The molecule has 0 spiro atoms. The molecule has 4 nitrogen and oxygen atoms in total. The molecule has 0 saturated carbocycles. The maximum atomic E-state index is 13.9. The fraction of sp³-hybridized carbons (Fsp3) is 0.400. The smallest absolute Gasteiger partial charge is 0.330 e. The molecule has 0 saturated heterocycles. The number of hydrogen-bond donors (Lipinski definition) is 2. The third-order valence-corrected chi connectivity index (χ3v) is 3.57. The minimum atomic E-state index is -2.46. The summed E-state index contributed by atoms with van der Waals surface area (Å²) in [5.74, 6) is 2.57. The Morgan fingerprint density at radius 3 is 2.27 bits per heavy atom. The van der Waals surface area contributed by atoms with Crippen molar-refractivity contribution in [1.29, 1.82) is 0 Å². The standard InChI is InChI=1S/C16H16FO4P.2C2H6/c1-4-13-15(17)6-5-11-7-12(20-9-21-22(18)19)8-14(10(2)3)16(11)13;2*1-2/h1,5-8,10,18-19H,9H2,2-3H3;2*1-2H3. The zero-order chi connectivity index (χ0) is 20.3. The Kier molecular flexibility index (Phi) is 11.8. The predicted octanol–water partition coefficient (Wildman–Crippen LogP) is 5.70. The average molecular weight is 382 g/mol. The van der Waals surface area contributed by atoms with E-state index in [1.165, 1.54) is 6.07 Å². The number of fused-ring (bicyclic) bond motifs is 1. The van der Waals surface area contributed by atoms with Gasteiger partial charge in [-0.05, 0) is 35.1 Å². The third-order valence-electron chi connectivity index (χ3n) is 3.23. The first-order valence-electron chi connectivity index (χ1n) is 8.60. The lowest BCUT2D eigenvalue weighted by Crippen LogP contribution is -2.01. The SMILES string of the molecule is C#Cc1c(F)ccc2cc(OCOP(O)O)cc(C(C)C)c12.CC.CC. The van der Waals surface area contributed by atoms with Crippen LogP contribution in [0.2, 0.25) is 0 Å². The highest BCUT2D eigenvalue weighted by molar-refractivity contribution is 7.39. The molecule has 2 aromatic rings. The normalized spacial score (nSPS) is 9.92. The zero-order valence-corrected chi connectivity index (χ0v) is 17.1. The van der Waals surface area contributed by atoms with E-state index in [1.54, 1.807) is 18.2 Å². The Morgan fingerprint density at radius 2 is 1.77 bits per heavy atom. The van der Waals surface area contributed by atoms with E-state index in [0.717, 1.165) is 10.9 Å². The van der Waals surface area contributed by atoms with E-state index in [-0.39, 0.29) is 18.3 Å². The molecular formula is C20H28FO4P. The Morgan fingerprint density at radius 1 is 1.15 bits per heavy atom. The third kappa shape index (κ3) is 6.55.